The molecule has 220 valence electrons. The van der Waals surface area contributed by atoms with Gasteiger partial charge in [0.1, 0.15) is 17.4 Å². The van der Waals surface area contributed by atoms with E-state index in [0.29, 0.717) is 24.2 Å². The van der Waals surface area contributed by atoms with Crippen LogP contribution in [0.5, 0.6) is 5.75 Å². The molecule has 1 aromatic carbocycles. The third-order valence-corrected chi connectivity index (χ3v) is 10.9. The molecule has 0 radical (unpaired) electrons. The second-order valence-corrected chi connectivity index (χ2v) is 12.9. The Kier molecular flexibility index (Phi) is 7.95. The minimum absolute atomic E-state index is 0.0967. The summed E-state index contributed by atoms with van der Waals surface area (Å²) in [5.41, 5.74) is 1.92. The van der Waals surface area contributed by atoms with E-state index in [1.54, 1.807) is 12.1 Å². The molecule has 4 aliphatic carbocycles. The molecule has 3 fully saturated rings. The number of rotatable bonds is 7. The number of oxime groups is 1. The van der Waals surface area contributed by atoms with E-state index in [2.05, 4.69) is 36.3 Å². The maximum atomic E-state index is 12.6. The number of phenols is 1. The van der Waals surface area contributed by atoms with E-state index < -0.39 is 23.5 Å². The average molecular weight is 563 g/mol. The Labute approximate surface area is 242 Å². The summed E-state index contributed by atoms with van der Waals surface area (Å²) in [4.78, 5) is 30.3. The third-order valence-electron chi connectivity index (χ3n) is 10.9. The van der Waals surface area contributed by atoms with Crippen LogP contribution in [-0.4, -0.2) is 53.2 Å². The molecule has 0 aliphatic heterocycles. The molecule has 8 nitrogen and oxygen atoms in total. The van der Waals surface area contributed by atoms with E-state index >= 15 is 0 Å². The Hall–Kier alpha value is -3.31. The highest BCUT2D eigenvalue weighted by molar-refractivity contribution is 5.96. The monoisotopic (exact) mass is 562 g/mol. The molecule has 8 heteroatoms. The predicted molar refractivity (Wildman–Crippen MR) is 155 cm³/mol. The van der Waals surface area contributed by atoms with Crippen molar-refractivity contribution in [2.75, 3.05) is 13.7 Å². The molecule has 1 aromatic rings. The van der Waals surface area contributed by atoms with E-state index in [4.69, 9.17) is 16.0 Å². The van der Waals surface area contributed by atoms with Gasteiger partial charge in [-0.3, -0.25) is 4.79 Å². The van der Waals surface area contributed by atoms with Crippen LogP contribution in [0.1, 0.15) is 70.8 Å². The van der Waals surface area contributed by atoms with Gasteiger partial charge in [-0.2, -0.15) is 0 Å². The van der Waals surface area contributed by atoms with Crippen LogP contribution in [0.3, 0.4) is 0 Å². The molecule has 0 spiro atoms. The number of fused-ring (bicyclic) bond motifs is 5. The van der Waals surface area contributed by atoms with E-state index in [-0.39, 0.29) is 29.6 Å². The van der Waals surface area contributed by atoms with Gasteiger partial charge in [-0.25, -0.2) is 4.79 Å². The molecule has 3 saturated carbocycles. The predicted octanol–water partition coefficient (Wildman–Crippen LogP) is 4.29. The highest BCUT2D eigenvalue weighted by Gasteiger charge is 2.63. The van der Waals surface area contributed by atoms with Crippen LogP contribution in [0.2, 0.25) is 0 Å². The number of nitrogens with one attached hydrogen (secondary N) is 1. The molecule has 0 heterocycles. The van der Waals surface area contributed by atoms with Crippen molar-refractivity contribution in [1.29, 1.82) is 0 Å². The van der Waals surface area contributed by atoms with Crippen LogP contribution in [0.25, 0.3) is 0 Å². The summed E-state index contributed by atoms with van der Waals surface area (Å²) in [5, 5.41) is 27.7. The highest BCUT2D eigenvalue weighted by Crippen LogP contribution is 2.67. The lowest BCUT2D eigenvalue weighted by Crippen LogP contribution is -2.54. The summed E-state index contributed by atoms with van der Waals surface area (Å²) in [6.45, 7) is 4.30. The lowest BCUT2D eigenvalue weighted by atomic mass is 9.46. The van der Waals surface area contributed by atoms with Crippen molar-refractivity contribution in [3.05, 3.63) is 41.5 Å². The summed E-state index contributed by atoms with van der Waals surface area (Å²) in [7, 11) is 1.27. The number of carbonyl (C=O) groups is 2. The standard InChI is InChI=1S/C33H42N2O6/c1-5-33(39)17-14-27-25-11-8-22-19-23(12-15-31(22,2)26(25)13-16-32(27,33)3)35-41-20-29(37)34-28(30(38)40-4)18-21-6-9-24(36)10-7-21/h1,6-7,9-10,19,25-28,36,39H,8,11-18,20H2,2-4H3,(H,34,37)/b35-23-/t25?,26?,27?,28?,31-,32-,33+/m0/s1. The summed E-state index contributed by atoms with van der Waals surface area (Å²) in [6.07, 6.45) is 15.8. The fourth-order valence-electron chi connectivity index (χ4n) is 8.51. The Bertz CT molecular complexity index is 1280. The lowest BCUT2D eigenvalue weighted by molar-refractivity contribution is -0.145. The van der Waals surface area contributed by atoms with E-state index in [0.717, 1.165) is 56.2 Å². The summed E-state index contributed by atoms with van der Waals surface area (Å²) >= 11 is 0. The molecular formula is C33H42N2O6. The van der Waals surface area contributed by atoms with Gasteiger partial charge in [-0.1, -0.05) is 42.6 Å². The molecule has 1 amide bonds. The van der Waals surface area contributed by atoms with Gasteiger partial charge in [0, 0.05) is 11.8 Å². The molecule has 7 atom stereocenters. The van der Waals surface area contributed by atoms with Crippen LogP contribution < -0.4 is 5.32 Å². The molecule has 4 aliphatic rings. The Morgan fingerprint density at radius 3 is 2.56 bits per heavy atom. The minimum Gasteiger partial charge on any atom is -0.508 e. The lowest BCUT2D eigenvalue weighted by Gasteiger charge is -2.58. The second-order valence-electron chi connectivity index (χ2n) is 12.9. The smallest absolute Gasteiger partial charge is 0.328 e. The number of esters is 1. The molecule has 41 heavy (non-hydrogen) atoms. The number of carbonyl (C=O) groups excluding carboxylic acids is 2. The number of allylic oxidation sites excluding steroid dienone is 2. The molecule has 0 bridgehead atoms. The number of aromatic hydroxyl groups is 1. The number of methoxy groups -OCH3 is 1. The van der Waals surface area contributed by atoms with Crippen molar-refractivity contribution in [2.24, 2.45) is 33.7 Å². The van der Waals surface area contributed by atoms with Gasteiger partial charge in [-0.05, 0) is 98.3 Å². The zero-order valence-corrected chi connectivity index (χ0v) is 24.3. The maximum Gasteiger partial charge on any atom is 0.328 e. The number of ether oxygens (including phenoxy) is 1. The van der Waals surface area contributed by atoms with Crippen LogP contribution in [0.15, 0.2) is 41.1 Å². The topological polar surface area (TPSA) is 117 Å². The van der Waals surface area contributed by atoms with Crippen LogP contribution >= 0.6 is 0 Å². The van der Waals surface area contributed by atoms with Crippen molar-refractivity contribution < 1.29 is 29.4 Å². The Morgan fingerprint density at radius 1 is 1.12 bits per heavy atom. The van der Waals surface area contributed by atoms with Gasteiger partial charge >= 0.3 is 5.97 Å². The van der Waals surface area contributed by atoms with Crippen LogP contribution in [0.4, 0.5) is 0 Å². The van der Waals surface area contributed by atoms with Crippen LogP contribution in [-0.2, 0) is 25.6 Å². The summed E-state index contributed by atoms with van der Waals surface area (Å²) in [6, 6.07) is 5.55. The number of hydrogen-bond donors (Lipinski definition) is 3. The molecule has 3 N–H and O–H groups in total. The van der Waals surface area contributed by atoms with E-state index in [1.807, 2.05) is 0 Å². The molecule has 4 unspecified atom stereocenters. The minimum atomic E-state index is -0.988. The van der Waals surface area contributed by atoms with E-state index in [9.17, 15) is 19.8 Å². The van der Waals surface area contributed by atoms with Gasteiger partial charge in [-0.15, -0.1) is 6.42 Å². The first-order chi connectivity index (χ1) is 19.5. The summed E-state index contributed by atoms with van der Waals surface area (Å²) in [5.74, 6) is 3.45. The average Bonchev–Trinajstić information content (AvgIpc) is 3.24. The fourth-order valence-corrected chi connectivity index (χ4v) is 8.51. The Morgan fingerprint density at radius 2 is 1.85 bits per heavy atom. The van der Waals surface area contributed by atoms with Gasteiger partial charge in [0.25, 0.3) is 5.91 Å². The molecule has 0 saturated heterocycles. The quantitative estimate of drug-likeness (QED) is 0.259. The number of terminal acetylenes is 1. The van der Waals surface area contributed by atoms with Gasteiger partial charge in [0.15, 0.2) is 6.61 Å². The second kappa shape index (κ2) is 11.2. The van der Waals surface area contributed by atoms with Crippen molar-refractivity contribution in [2.45, 2.75) is 83.3 Å². The molecular weight excluding hydrogens is 520 g/mol. The number of nitrogens with zero attached hydrogens (tertiary/aromatic N) is 1. The van der Waals surface area contributed by atoms with Gasteiger partial charge in [0.2, 0.25) is 0 Å². The third kappa shape index (κ3) is 5.25. The van der Waals surface area contributed by atoms with Crippen molar-refractivity contribution in [3.63, 3.8) is 0 Å². The zero-order valence-electron chi connectivity index (χ0n) is 24.3. The SMILES string of the molecule is C#C[C@@]1(O)CCC2C3CCC4=C/C(=N\OCC(=O)NC(Cc5ccc(O)cc5)C(=O)OC)CC[C@]4(C)C3CC[C@@]21C. The first-order valence-electron chi connectivity index (χ1n) is 14.8. The van der Waals surface area contributed by atoms with Crippen molar-refractivity contribution >= 4 is 17.6 Å². The molecule has 5 rings (SSSR count). The first-order valence-corrected chi connectivity index (χ1v) is 14.8. The van der Waals surface area contributed by atoms with E-state index in [1.165, 1.54) is 24.8 Å². The van der Waals surface area contributed by atoms with Crippen molar-refractivity contribution in [1.82, 2.24) is 5.32 Å². The Balaban J connectivity index is 1.20. The zero-order chi connectivity index (χ0) is 29.4. The largest absolute Gasteiger partial charge is 0.508 e. The number of amides is 1. The highest BCUT2D eigenvalue weighted by atomic mass is 16.6. The first kappa shape index (κ1) is 29.2. The van der Waals surface area contributed by atoms with Crippen molar-refractivity contribution in [3.8, 4) is 18.1 Å². The number of hydrogen-bond acceptors (Lipinski definition) is 7. The van der Waals surface area contributed by atoms with Gasteiger partial charge in [0.05, 0.1) is 12.8 Å². The maximum absolute atomic E-state index is 12.6. The number of phenolic OH excluding ortho intramolecular Hbond substituents is 1. The normalized spacial score (nSPS) is 35.6. The van der Waals surface area contributed by atoms with Gasteiger partial charge < -0.3 is 25.1 Å². The summed E-state index contributed by atoms with van der Waals surface area (Å²) < 4.78 is 4.85. The molecule has 0 aromatic heterocycles. The number of benzene rings is 1. The van der Waals surface area contributed by atoms with Crippen LogP contribution in [0, 0.1) is 40.9 Å². The fraction of sp³-hybridized carbons (Fsp3) is 0.606. The number of aliphatic hydroxyl groups is 1.